The van der Waals surface area contributed by atoms with Crippen molar-refractivity contribution in [3.63, 3.8) is 0 Å². The summed E-state index contributed by atoms with van der Waals surface area (Å²) in [7, 11) is 0. The molecule has 0 atom stereocenters. The first-order valence-electron chi connectivity index (χ1n) is 3.79. The molecule has 0 aromatic carbocycles. The lowest BCUT2D eigenvalue weighted by atomic mass is 10.2. The van der Waals surface area contributed by atoms with E-state index in [0.717, 1.165) is 5.69 Å². The van der Waals surface area contributed by atoms with E-state index in [1.165, 1.54) is 6.08 Å². The van der Waals surface area contributed by atoms with E-state index in [4.69, 9.17) is 10.8 Å². The molecule has 1 aromatic rings. The zero-order valence-corrected chi connectivity index (χ0v) is 6.97. The number of hydrogen-bond acceptors (Lipinski definition) is 3. The van der Waals surface area contributed by atoms with Crippen molar-refractivity contribution in [2.75, 3.05) is 0 Å². The van der Waals surface area contributed by atoms with E-state index in [-0.39, 0.29) is 5.70 Å². The maximum atomic E-state index is 10.3. The molecule has 1 rings (SSSR count). The summed E-state index contributed by atoms with van der Waals surface area (Å²) < 4.78 is 0. The minimum atomic E-state index is -1.10. The molecule has 0 bridgehead atoms. The summed E-state index contributed by atoms with van der Waals surface area (Å²) in [5.41, 5.74) is 5.85. The Morgan fingerprint density at radius 1 is 1.62 bits per heavy atom. The van der Waals surface area contributed by atoms with Crippen LogP contribution in [0.15, 0.2) is 36.2 Å². The van der Waals surface area contributed by atoms with Gasteiger partial charge in [-0.2, -0.15) is 0 Å². The molecular weight excluding hydrogens is 168 g/mol. The van der Waals surface area contributed by atoms with Crippen LogP contribution >= 0.6 is 0 Å². The van der Waals surface area contributed by atoms with Gasteiger partial charge in [-0.05, 0) is 18.2 Å². The first kappa shape index (κ1) is 9.25. The van der Waals surface area contributed by atoms with Crippen LogP contribution in [-0.2, 0) is 11.2 Å². The molecule has 4 heteroatoms. The summed E-state index contributed by atoms with van der Waals surface area (Å²) in [4.78, 5) is 14.3. The lowest BCUT2D eigenvalue weighted by Gasteiger charge is -1.95. The zero-order chi connectivity index (χ0) is 9.68. The SMILES string of the molecule is N/C(=C/Cc1ccccn1)C(=O)O. The van der Waals surface area contributed by atoms with Crippen LogP contribution < -0.4 is 5.73 Å². The van der Waals surface area contributed by atoms with E-state index in [1.807, 2.05) is 12.1 Å². The van der Waals surface area contributed by atoms with E-state index in [2.05, 4.69) is 4.98 Å². The van der Waals surface area contributed by atoms with E-state index >= 15 is 0 Å². The number of nitrogens with two attached hydrogens (primary N) is 1. The Kier molecular flexibility index (Phi) is 3.03. The van der Waals surface area contributed by atoms with Crippen molar-refractivity contribution < 1.29 is 9.90 Å². The molecule has 0 aliphatic heterocycles. The van der Waals surface area contributed by atoms with Crippen molar-refractivity contribution in [3.8, 4) is 0 Å². The van der Waals surface area contributed by atoms with E-state index in [1.54, 1.807) is 12.3 Å². The summed E-state index contributed by atoms with van der Waals surface area (Å²) in [5.74, 6) is -1.10. The van der Waals surface area contributed by atoms with Gasteiger partial charge in [0.1, 0.15) is 5.70 Å². The van der Waals surface area contributed by atoms with Crippen molar-refractivity contribution in [2.45, 2.75) is 6.42 Å². The number of carbonyl (C=O) groups is 1. The number of aliphatic carboxylic acids is 1. The molecule has 13 heavy (non-hydrogen) atoms. The summed E-state index contributed by atoms with van der Waals surface area (Å²) in [6.45, 7) is 0. The average molecular weight is 178 g/mol. The highest BCUT2D eigenvalue weighted by Crippen LogP contribution is 1.97. The fourth-order valence-corrected chi connectivity index (χ4v) is 0.821. The number of aromatic nitrogens is 1. The van der Waals surface area contributed by atoms with Crippen LogP contribution in [0.1, 0.15) is 5.69 Å². The Hall–Kier alpha value is -1.84. The molecule has 0 unspecified atom stereocenters. The molecule has 0 fully saturated rings. The molecular formula is C9H10N2O2. The Bertz CT molecular complexity index is 320. The maximum absolute atomic E-state index is 10.3. The summed E-state index contributed by atoms with van der Waals surface area (Å²) in [6, 6.07) is 5.45. The van der Waals surface area contributed by atoms with Crippen molar-refractivity contribution >= 4 is 5.97 Å². The van der Waals surface area contributed by atoms with Gasteiger partial charge in [-0.15, -0.1) is 0 Å². The van der Waals surface area contributed by atoms with Crippen LogP contribution in [0.25, 0.3) is 0 Å². The largest absolute Gasteiger partial charge is 0.477 e. The lowest BCUT2D eigenvalue weighted by molar-refractivity contribution is -0.132. The predicted molar refractivity (Wildman–Crippen MR) is 47.8 cm³/mol. The number of carboxylic acid groups (broad SMARTS) is 1. The highest BCUT2D eigenvalue weighted by atomic mass is 16.4. The molecule has 0 aliphatic carbocycles. The first-order valence-corrected chi connectivity index (χ1v) is 3.79. The van der Waals surface area contributed by atoms with Gasteiger partial charge in [0, 0.05) is 18.3 Å². The van der Waals surface area contributed by atoms with Crippen molar-refractivity contribution in [3.05, 3.63) is 41.9 Å². The van der Waals surface area contributed by atoms with Crippen LogP contribution in [0.5, 0.6) is 0 Å². The smallest absolute Gasteiger partial charge is 0.351 e. The van der Waals surface area contributed by atoms with Gasteiger partial charge < -0.3 is 10.8 Å². The number of pyridine rings is 1. The Morgan fingerprint density at radius 2 is 2.38 bits per heavy atom. The third kappa shape index (κ3) is 2.94. The molecule has 0 saturated heterocycles. The monoisotopic (exact) mass is 178 g/mol. The van der Waals surface area contributed by atoms with Gasteiger partial charge in [0.15, 0.2) is 0 Å². The number of allylic oxidation sites excluding steroid dienone is 1. The van der Waals surface area contributed by atoms with Gasteiger partial charge >= 0.3 is 5.97 Å². The third-order valence-corrected chi connectivity index (χ3v) is 1.50. The average Bonchev–Trinajstić information content (AvgIpc) is 2.15. The fraction of sp³-hybridized carbons (Fsp3) is 0.111. The number of carboxylic acids is 1. The Labute approximate surface area is 75.7 Å². The van der Waals surface area contributed by atoms with Crippen LogP contribution in [0, 0.1) is 0 Å². The third-order valence-electron chi connectivity index (χ3n) is 1.50. The van der Waals surface area contributed by atoms with Gasteiger partial charge in [-0.3, -0.25) is 4.98 Å². The van der Waals surface area contributed by atoms with Gasteiger partial charge in [-0.25, -0.2) is 4.79 Å². The second-order valence-corrected chi connectivity index (χ2v) is 2.49. The first-order chi connectivity index (χ1) is 6.20. The summed E-state index contributed by atoms with van der Waals surface area (Å²) in [6.07, 6.45) is 3.53. The van der Waals surface area contributed by atoms with Crippen molar-refractivity contribution in [1.29, 1.82) is 0 Å². The molecule has 0 aliphatic rings. The highest BCUT2D eigenvalue weighted by molar-refractivity contribution is 5.85. The van der Waals surface area contributed by atoms with E-state index < -0.39 is 5.97 Å². The lowest BCUT2D eigenvalue weighted by Crippen LogP contribution is -2.10. The second-order valence-electron chi connectivity index (χ2n) is 2.49. The Morgan fingerprint density at radius 3 is 2.92 bits per heavy atom. The quantitative estimate of drug-likeness (QED) is 0.663. The van der Waals surface area contributed by atoms with Crippen LogP contribution in [0.2, 0.25) is 0 Å². The number of nitrogens with zero attached hydrogens (tertiary/aromatic N) is 1. The highest BCUT2D eigenvalue weighted by Gasteiger charge is 1.99. The Balaban J connectivity index is 2.62. The van der Waals surface area contributed by atoms with E-state index in [9.17, 15) is 4.79 Å². The normalized spacial score (nSPS) is 11.2. The van der Waals surface area contributed by atoms with Gasteiger partial charge in [0.2, 0.25) is 0 Å². The molecule has 0 spiro atoms. The molecule has 0 amide bonds. The minimum absolute atomic E-state index is 0.148. The van der Waals surface area contributed by atoms with Gasteiger partial charge in [0.25, 0.3) is 0 Å². The molecule has 0 saturated carbocycles. The van der Waals surface area contributed by atoms with Crippen LogP contribution in [-0.4, -0.2) is 16.1 Å². The molecule has 3 N–H and O–H groups in total. The van der Waals surface area contributed by atoms with E-state index in [0.29, 0.717) is 6.42 Å². The van der Waals surface area contributed by atoms with Crippen molar-refractivity contribution in [1.82, 2.24) is 4.98 Å². The molecule has 0 radical (unpaired) electrons. The minimum Gasteiger partial charge on any atom is -0.477 e. The molecule has 4 nitrogen and oxygen atoms in total. The molecule has 68 valence electrons. The molecule has 1 heterocycles. The van der Waals surface area contributed by atoms with Crippen LogP contribution in [0.4, 0.5) is 0 Å². The second kappa shape index (κ2) is 4.25. The van der Waals surface area contributed by atoms with Gasteiger partial charge in [0.05, 0.1) is 0 Å². The fourth-order valence-electron chi connectivity index (χ4n) is 0.821. The maximum Gasteiger partial charge on any atom is 0.351 e. The van der Waals surface area contributed by atoms with Gasteiger partial charge in [-0.1, -0.05) is 6.07 Å². The topological polar surface area (TPSA) is 76.2 Å². The number of hydrogen-bond donors (Lipinski definition) is 2. The summed E-state index contributed by atoms with van der Waals surface area (Å²) >= 11 is 0. The molecule has 1 aromatic heterocycles. The predicted octanol–water partition coefficient (Wildman–Crippen LogP) is 0.551. The number of rotatable bonds is 3. The van der Waals surface area contributed by atoms with Crippen molar-refractivity contribution in [2.24, 2.45) is 5.73 Å². The summed E-state index contributed by atoms with van der Waals surface area (Å²) in [5, 5.41) is 8.45. The zero-order valence-electron chi connectivity index (χ0n) is 6.97. The van der Waals surface area contributed by atoms with Crippen LogP contribution in [0.3, 0.4) is 0 Å². The standard InChI is InChI=1S/C9H10N2O2/c10-8(9(12)13)5-4-7-3-1-2-6-11-7/h1-3,5-6H,4,10H2,(H,12,13)/b8-5+.